The van der Waals surface area contributed by atoms with Crippen molar-refractivity contribution in [1.82, 2.24) is 9.80 Å². The summed E-state index contributed by atoms with van der Waals surface area (Å²) in [6.45, 7) is 1.51. The van der Waals surface area contributed by atoms with Gasteiger partial charge in [0.1, 0.15) is 0 Å². The van der Waals surface area contributed by atoms with E-state index < -0.39 is 17.8 Å². The van der Waals surface area contributed by atoms with Gasteiger partial charge in [0.15, 0.2) is 0 Å². The first-order valence-electron chi connectivity index (χ1n) is 5.78. The Kier molecular flexibility index (Phi) is 3.72. The molecular weight excluding hydrogens is 304 g/mol. The number of imide groups is 2. The van der Waals surface area contributed by atoms with E-state index >= 15 is 0 Å². The van der Waals surface area contributed by atoms with E-state index in [-0.39, 0.29) is 12.0 Å². The molecule has 0 aliphatic carbocycles. The van der Waals surface area contributed by atoms with Gasteiger partial charge in [-0.15, -0.1) is 0 Å². The molecule has 2 fully saturated rings. The maximum absolute atomic E-state index is 11.8. The van der Waals surface area contributed by atoms with E-state index in [0.29, 0.717) is 18.5 Å². The van der Waals surface area contributed by atoms with Gasteiger partial charge in [0.2, 0.25) is 0 Å². The molecule has 2 rings (SSSR count). The largest absolute Gasteiger partial charge is 0.381 e. The number of hydrogen-bond donors (Lipinski definition) is 0. The molecule has 0 unspecified atom stereocenters. The third-order valence-corrected chi connectivity index (χ3v) is 4.77. The lowest BCUT2D eigenvalue weighted by atomic mass is 9.82. The van der Waals surface area contributed by atoms with E-state index in [2.05, 4.69) is 15.9 Å². The Morgan fingerprint density at radius 3 is 2.28 bits per heavy atom. The number of halogens is 1. The minimum Gasteiger partial charge on any atom is -0.381 e. The summed E-state index contributed by atoms with van der Waals surface area (Å²) in [4.78, 5) is 36.9. The third-order valence-electron chi connectivity index (χ3n) is 3.58. The summed E-state index contributed by atoms with van der Waals surface area (Å²) in [5.74, 6) is -1.48. The van der Waals surface area contributed by atoms with Crippen molar-refractivity contribution in [3.05, 3.63) is 0 Å². The maximum Gasteiger partial charge on any atom is 0.333 e. The zero-order valence-corrected chi connectivity index (χ0v) is 11.7. The molecular formula is C11H15BrN2O4. The molecule has 4 amide bonds. The molecule has 2 saturated heterocycles. The van der Waals surface area contributed by atoms with Crippen molar-refractivity contribution in [3.63, 3.8) is 0 Å². The van der Waals surface area contributed by atoms with Crippen LogP contribution in [0.2, 0.25) is 0 Å². The molecule has 0 N–H and O–H groups in total. The number of ether oxygens (including phenoxy) is 1. The first-order valence-corrected chi connectivity index (χ1v) is 6.90. The molecule has 2 aliphatic rings. The maximum atomic E-state index is 11.8. The van der Waals surface area contributed by atoms with Crippen LogP contribution in [0.4, 0.5) is 4.79 Å². The van der Waals surface area contributed by atoms with E-state index in [1.54, 1.807) is 0 Å². The van der Waals surface area contributed by atoms with E-state index in [1.165, 1.54) is 7.05 Å². The predicted molar refractivity (Wildman–Crippen MR) is 66.2 cm³/mol. The molecule has 0 radical (unpaired) electrons. The van der Waals surface area contributed by atoms with Crippen molar-refractivity contribution >= 4 is 33.8 Å². The van der Waals surface area contributed by atoms with Crippen LogP contribution < -0.4 is 0 Å². The van der Waals surface area contributed by atoms with Gasteiger partial charge in [-0.05, 0) is 12.8 Å². The number of amides is 4. The van der Waals surface area contributed by atoms with Gasteiger partial charge >= 0.3 is 17.8 Å². The van der Waals surface area contributed by atoms with Crippen LogP contribution in [0.25, 0.3) is 0 Å². The molecule has 0 bridgehead atoms. The van der Waals surface area contributed by atoms with Crippen LogP contribution in [-0.2, 0) is 14.3 Å². The average molecular weight is 319 g/mol. The Balaban J connectivity index is 2.15. The lowest BCUT2D eigenvalue weighted by Crippen LogP contribution is -2.45. The lowest BCUT2D eigenvalue weighted by molar-refractivity contribution is -0.143. The van der Waals surface area contributed by atoms with Crippen molar-refractivity contribution in [2.75, 3.05) is 32.1 Å². The fraction of sp³-hybridized carbons (Fsp3) is 0.727. The number of carbonyl (C=O) groups excluding carboxylic acids is 3. The highest BCUT2D eigenvalue weighted by Gasteiger charge is 2.46. The lowest BCUT2D eigenvalue weighted by Gasteiger charge is -2.37. The summed E-state index contributed by atoms with van der Waals surface area (Å²) in [6.07, 6.45) is 1.54. The molecule has 0 spiro atoms. The Hall–Kier alpha value is -0.950. The minimum absolute atomic E-state index is 0.185. The molecule has 18 heavy (non-hydrogen) atoms. The van der Waals surface area contributed by atoms with Gasteiger partial charge in [0.05, 0.1) is 0 Å². The van der Waals surface area contributed by atoms with Crippen molar-refractivity contribution in [2.45, 2.75) is 12.8 Å². The van der Waals surface area contributed by atoms with Crippen molar-refractivity contribution in [2.24, 2.45) is 5.41 Å². The Bertz CT molecular complexity index is 393. The van der Waals surface area contributed by atoms with Gasteiger partial charge in [-0.3, -0.25) is 19.4 Å². The first-order chi connectivity index (χ1) is 8.51. The Labute approximate surface area is 113 Å². The molecule has 2 heterocycles. The second kappa shape index (κ2) is 4.97. The van der Waals surface area contributed by atoms with Crippen molar-refractivity contribution in [1.29, 1.82) is 0 Å². The van der Waals surface area contributed by atoms with Crippen molar-refractivity contribution in [3.8, 4) is 0 Å². The van der Waals surface area contributed by atoms with Crippen LogP contribution in [0.1, 0.15) is 12.8 Å². The average Bonchev–Trinajstić information content (AvgIpc) is 2.58. The van der Waals surface area contributed by atoms with Gasteiger partial charge in [0, 0.05) is 37.6 Å². The Morgan fingerprint density at radius 2 is 1.83 bits per heavy atom. The fourth-order valence-corrected chi connectivity index (χ4v) is 2.97. The molecule has 0 atom stereocenters. The number of carbonyl (C=O) groups is 3. The predicted octanol–water partition coefficient (Wildman–Crippen LogP) is 0.599. The molecule has 100 valence electrons. The summed E-state index contributed by atoms with van der Waals surface area (Å²) in [5.41, 5.74) is -0.185. The monoisotopic (exact) mass is 318 g/mol. The molecule has 0 aromatic heterocycles. The van der Waals surface area contributed by atoms with Crippen LogP contribution in [0.5, 0.6) is 0 Å². The van der Waals surface area contributed by atoms with E-state index in [1.807, 2.05) is 0 Å². The number of urea groups is 1. The van der Waals surface area contributed by atoms with Gasteiger partial charge in [0.25, 0.3) is 0 Å². The quantitative estimate of drug-likeness (QED) is 0.434. The summed E-state index contributed by atoms with van der Waals surface area (Å²) in [5, 5.41) is 0.679. The molecule has 2 aliphatic heterocycles. The van der Waals surface area contributed by atoms with Gasteiger partial charge in [-0.2, -0.15) is 0 Å². The highest BCUT2D eigenvalue weighted by molar-refractivity contribution is 9.09. The van der Waals surface area contributed by atoms with Gasteiger partial charge < -0.3 is 4.74 Å². The second-order valence-electron chi connectivity index (χ2n) is 4.78. The standard InChI is InChI=1S/C11H15BrN2O4/c1-13-8(15)9(16)14(10(13)17)7-11(6-12)2-4-18-5-3-11/h2-7H2,1H3. The van der Waals surface area contributed by atoms with Crippen LogP contribution >= 0.6 is 15.9 Å². The summed E-state index contributed by atoms with van der Waals surface area (Å²) >= 11 is 3.44. The van der Waals surface area contributed by atoms with Gasteiger partial charge in [-0.1, -0.05) is 15.9 Å². The van der Waals surface area contributed by atoms with E-state index in [0.717, 1.165) is 22.6 Å². The minimum atomic E-state index is -0.753. The topological polar surface area (TPSA) is 66.9 Å². The highest BCUT2D eigenvalue weighted by Crippen LogP contribution is 2.34. The first kappa shape index (κ1) is 13.5. The van der Waals surface area contributed by atoms with Crippen LogP contribution in [0, 0.1) is 5.41 Å². The second-order valence-corrected chi connectivity index (χ2v) is 5.34. The third kappa shape index (κ3) is 2.16. The molecule has 0 aromatic rings. The number of nitrogens with zero attached hydrogens (tertiary/aromatic N) is 2. The van der Waals surface area contributed by atoms with Gasteiger partial charge in [-0.25, -0.2) is 4.79 Å². The fourth-order valence-electron chi connectivity index (χ4n) is 2.23. The van der Waals surface area contributed by atoms with Crippen LogP contribution in [-0.4, -0.2) is 59.8 Å². The van der Waals surface area contributed by atoms with Crippen LogP contribution in [0.3, 0.4) is 0 Å². The molecule has 7 heteroatoms. The Morgan fingerprint density at radius 1 is 1.22 bits per heavy atom. The summed E-state index contributed by atoms with van der Waals surface area (Å²) < 4.78 is 5.30. The number of rotatable bonds is 3. The highest BCUT2D eigenvalue weighted by atomic mass is 79.9. The van der Waals surface area contributed by atoms with Crippen molar-refractivity contribution < 1.29 is 19.1 Å². The molecule has 0 saturated carbocycles. The summed E-state index contributed by atoms with van der Waals surface area (Å²) in [7, 11) is 1.33. The van der Waals surface area contributed by atoms with E-state index in [4.69, 9.17) is 4.74 Å². The number of likely N-dealkylation sites (N-methyl/N-ethyl adjacent to an activating group) is 1. The smallest absolute Gasteiger partial charge is 0.333 e. The number of hydrogen-bond acceptors (Lipinski definition) is 4. The zero-order chi connectivity index (χ0) is 13.3. The molecule has 0 aromatic carbocycles. The zero-order valence-electron chi connectivity index (χ0n) is 10.1. The SMILES string of the molecule is CN1C(=O)C(=O)N(CC2(CBr)CCOCC2)C1=O. The van der Waals surface area contributed by atoms with Crippen LogP contribution in [0.15, 0.2) is 0 Å². The molecule has 6 nitrogen and oxygen atoms in total. The normalized spacial score (nSPS) is 24.0. The summed E-state index contributed by atoms with van der Waals surface area (Å²) in [6, 6.07) is -0.531. The van der Waals surface area contributed by atoms with E-state index in [9.17, 15) is 14.4 Å². The number of alkyl halides is 1.